The largest absolute Gasteiger partial charge is 0.362 e. The fourth-order valence-corrected chi connectivity index (χ4v) is 1.67. The summed E-state index contributed by atoms with van der Waals surface area (Å²) in [6.45, 7) is 2.13. The van der Waals surface area contributed by atoms with E-state index >= 15 is 0 Å². The first-order valence-corrected chi connectivity index (χ1v) is 5.49. The molecule has 3 aromatic rings. The first-order valence-electron chi connectivity index (χ1n) is 5.12. The van der Waals surface area contributed by atoms with E-state index in [0.29, 0.717) is 35.0 Å². The quantitative estimate of drug-likeness (QED) is 0.708. The zero-order valence-corrected chi connectivity index (χ0v) is 10.1. The number of nitrogens with zero attached hydrogens (tertiary/aromatic N) is 6. The van der Waals surface area contributed by atoms with Gasteiger partial charge >= 0.3 is 0 Å². The van der Waals surface area contributed by atoms with Crippen LogP contribution in [0.25, 0.3) is 5.78 Å². The summed E-state index contributed by atoms with van der Waals surface area (Å²) in [7, 11) is 0. The van der Waals surface area contributed by atoms with Crippen molar-refractivity contribution in [3.8, 4) is 0 Å². The summed E-state index contributed by atoms with van der Waals surface area (Å²) < 4.78 is 6.42. The summed E-state index contributed by atoms with van der Waals surface area (Å²) in [5, 5.41) is 11.2. The van der Waals surface area contributed by atoms with E-state index < -0.39 is 0 Å². The molecule has 0 aliphatic heterocycles. The third-order valence-electron chi connectivity index (χ3n) is 2.22. The van der Waals surface area contributed by atoms with Gasteiger partial charge in [-0.05, 0) is 0 Å². The Morgan fingerprint density at radius 3 is 3.11 bits per heavy atom. The maximum atomic E-state index is 5.88. The van der Waals surface area contributed by atoms with Crippen LogP contribution in [0.1, 0.15) is 11.7 Å². The second kappa shape index (κ2) is 4.22. The highest BCUT2D eigenvalue weighted by atomic mass is 35.5. The fraction of sp³-hybridized carbons (Fsp3) is 0.222. The fourth-order valence-electron chi connectivity index (χ4n) is 1.49. The van der Waals surface area contributed by atoms with Crippen molar-refractivity contribution in [3.63, 3.8) is 0 Å². The molecular formula is C9H8ClN7O. The summed E-state index contributed by atoms with van der Waals surface area (Å²) in [6, 6.07) is 1.65. The van der Waals surface area contributed by atoms with Gasteiger partial charge in [-0.25, -0.2) is 0 Å². The summed E-state index contributed by atoms with van der Waals surface area (Å²) in [6.07, 6.45) is 1.41. The molecule has 9 heteroatoms. The van der Waals surface area contributed by atoms with Crippen molar-refractivity contribution in [3.05, 3.63) is 29.3 Å². The Hall–Kier alpha value is -2.22. The van der Waals surface area contributed by atoms with Crippen molar-refractivity contribution in [1.29, 1.82) is 0 Å². The van der Waals surface area contributed by atoms with Crippen LogP contribution in [0.4, 0.5) is 5.82 Å². The molecule has 1 N–H and O–H groups in total. The molecule has 3 rings (SSSR count). The number of anilines is 1. The molecule has 0 aliphatic rings. The van der Waals surface area contributed by atoms with Crippen molar-refractivity contribution in [1.82, 2.24) is 29.7 Å². The first kappa shape index (κ1) is 10.9. The molecule has 0 amide bonds. The van der Waals surface area contributed by atoms with Crippen LogP contribution in [-0.4, -0.2) is 29.7 Å². The first-order chi connectivity index (χ1) is 8.72. The summed E-state index contributed by atoms with van der Waals surface area (Å²) in [5.41, 5.74) is 0. The molecule has 0 aliphatic carbocycles. The standard InChI is InChI=1S/C9H8ClN7O/c1-5-14-7(16-18-5)3-11-8-2-6(10)15-9-12-4-13-17(8)9/h2,4,11H,3H2,1H3. The van der Waals surface area contributed by atoms with Gasteiger partial charge in [-0.1, -0.05) is 16.8 Å². The van der Waals surface area contributed by atoms with E-state index in [9.17, 15) is 0 Å². The van der Waals surface area contributed by atoms with E-state index in [4.69, 9.17) is 16.1 Å². The maximum Gasteiger partial charge on any atom is 0.255 e. The van der Waals surface area contributed by atoms with Gasteiger partial charge in [0.2, 0.25) is 5.89 Å². The Balaban J connectivity index is 1.87. The van der Waals surface area contributed by atoms with E-state index in [1.54, 1.807) is 17.5 Å². The summed E-state index contributed by atoms with van der Waals surface area (Å²) in [4.78, 5) is 12.1. The lowest BCUT2D eigenvalue weighted by atomic mass is 10.5. The normalized spacial score (nSPS) is 11.0. The number of hydrogen-bond acceptors (Lipinski definition) is 7. The maximum absolute atomic E-state index is 5.88. The van der Waals surface area contributed by atoms with Crippen LogP contribution in [-0.2, 0) is 6.54 Å². The predicted molar refractivity (Wildman–Crippen MR) is 62.2 cm³/mol. The molecule has 18 heavy (non-hydrogen) atoms. The lowest BCUT2D eigenvalue weighted by Gasteiger charge is -2.05. The second-order valence-corrected chi connectivity index (χ2v) is 3.91. The number of hydrogen-bond donors (Lipinski definition) is 1. The van der Waals surface area contributed by atoms with Crippen LogP contribution < -0.4 is 5.32 Å². The minimum atomic E-state index is 0.335. The van der Waals surface area contributed by atoms with Gasteiger partial charge in [0.05, 0.1) is 6.54 Å². The van der Waals surface area contributed by atoms with Crippen LogP contribution in [0, 0.1) is 6.92 Å². The third-order valence-corrected chi connectivity index (χ3v) is 2.41. The summed E-state index contributed by atoms with van der Waals surface area (Å²) >= 11 is 5.88. The zero-order chi connectivity index (χ0) is 12.5. The van der Waals surface area contributed by atoms with Gasteiger partial charge in [0.25, 0.3) is 5.78 Å². The SMILES string of the molecule is Cc1nc(CNc2cc(Cl)nc3ncnn23)no1. The minimum absolute atomic E-state index is 0.335. The lowest BCUT2D eigenvalue weighted by Crippen LogP contribution is -2.07. The van der Waals surface area contributed by atoms with Crippen LogP contribution >= 0.6 is 11.6 Å². The van der Waals surface area contributed by atoms with Crippen molar-refractivity contribution >= 4 is 23.2 Å². The summed E-state index contributed by atoms with van der Waals surface area (Å²) in [5.74, 6) is 2.15. The Morgan fingerprint density at radius 1 is 1.44 bits per heavy atom. The Bertz CT molecular complexity index is 691. The van der Waals surface area contributed by atoms with Crippen molar-refractivity contribution < 1.29 is 4.52 Å². The molecule has 0 aromatic carbocycles. The minimum Gasteiger partial charge on any atom is -0.362 e. The molecule has 3 heterocycles. The van der Waals surface area contributed by atoms with Gasteiger partial charge in [-0.15, -0.1) is 0 Å². The molecule has 0 unspecified atom stereocenters. The van der Waals surface area contributed by atoms with Crippen LogP contribution in [0.5, 0.6) is 0 Å². The van der Waals surface area contributed by atoms with Crippen LogP contribution in [0.15, 0.2) is 16.9 Å². The van der Waals surface area contributed by atoms with Crippen molar-refractivity contribution in [2.45, 2.75) is 13.5 Å². The van der Waals surface area contributed by atoms with E-state index in [2.05, 4.69) is 30.5 Å². The third kappa shape index (κ3) is 1.97. The molecule has 92 valence electrons. The average Bonchev–Trinajstić information content (AvgIpc) is 2.94. The number of nitrogens with one attached hydrogen (secondary N) is 1. The number of aryl methyl sites for hydroxylation is 1. The molecule has 0 spiro atoms. The molecule has 0 saturated carbocycles. The molecule has 0 atom stereocenters. The molecule has 0 saturated heterocycles. The predicted octanol–water partition coefficient (Wildman–Crippen LogP) is 1.08. The molecule has 0 bridgehead atoms. The Morgan fingerprint density at radius 2 is 2.33 bits per heavy atom. The molecular weight excluding hydrogens is 258 g/mol. The van der Waals surface area contributed by atoms with Gasteiger partial charge in [0, 0.05) is 13.0 Å². The Labute approximate surface area is 106 Å². The Kier molecular flexibility index (Phi) is 2.56. The van der Waals surface area contributed by atoms with Gasteiger partial charge in [0.15, 0.2) is 5.82 Å². The van der Waals surface area contributed by atoms with Gasteiger partial charge in [-0.3, -0.25) is 0 Å². The van der Waals surface area contributed by atoms with E-state index in [0.717, 1.165) is 0 Å². The van der Waals surface area contributed by atoms with Gasteiger partial charge < -0.3 is 9.84 Å². The molecule has 3 aromatic heterocycles. The lowest BCUT2D eigenvalue weighted by molar-refractivity contribution is 0.388. The van der Waals surface area contributed by atoms with E-state index in [1.165, 1.54) is 6.33 Å². The monoisotopic (exact) mass is 265 g/mol. The van der Waals surface area contributed by atoms with E-state index in [-0.39, 0.29) is 0 Å². The van der Waals surface area contributed by atoms with Crippen LogP contribution in [0.2, 0.25) is 5.15 Å². The van der Waals surface area contributed by atoms with Crippen molar-refractivity contribution in [2.75, 3.05) is 5.32 Å². The van der Waals surface area contributed by atoms with E-state index in [1.807, 2.05) is 0 Å². The second-order valence-electron chi connectivity index (χ2n) is 3.52. The topological polar surface area (TPSA) is 94.0 Å². The zero-order valence-electron chi connectivity index (χ0n) is 9.33. The molecule has 0 radical (unpaired) electrons. The highest BCUT2D eigenvalue weighted by Gasteiger charge is 2.07. The van der Waals surface area contributed by atoms with Gasteiger partial charge in [-0.2, -0.15) is 24.6 Å². The number of fused-ring (bicyclic) bond motifs is 1. The number of rotatable bonds is 3. The highest BCUT2D eigenvalue weighted by Crippen LogP contribution is 2.14. The smallest absolute Gasteiger partial charge is 0.255 e. The number of aromatic nitrogens is 6. The highest BCUT2D eigenvalue weighted by molar-refractivity contribution is 6.29. The molecule has 0 fully saturated rings. The number of halogens is 1. The van der Waals surface area contributed by atoms with Gasteiger partial charge in [0.1, 0.15) is 17.3 Å². The van der Waals surface area contributed by atoms with Crippen molar-refractivity contribution in [2.24, 2.45) is 0 Å². The molecule has 8 nitrogen and oxygen atoms in total. The average molecular weight is 266 g/mol. The van der Waals surface area contributed by atoms with Crippen LogP contribution in [0.3, 0.4) is 0 Å².